The zero-order valence-corrected chi connectivity index (χ0v) is 9.38. The van der Waals surface area contributed by atoms with Gasteiger partial charge in [0.15, 0.2) is 0 Å². The summed E-state index contributed by atoms with van der Waals surface area (Å²) in [4.78, 5) is 13.5. The number of amides is 1. The van der Waals surface area contributed by atoms with Gasteiger partial charge in [-0.3, -0.25) is 4.79 Å². The van der Waals surface area contributed by atoms with Crippen molar-refractivity contribution in [2.45, 2.75) is 12.5 Å². The van der Waals surface area contributed by atoms with E-state index in [0.29, 0.717) is 18.1 Å². The summed E-state index contributed by atoms with van der Waals surface area (Å²) < 4.78 is 13.4. The van der Waals surface area contributed by atoms with E-state index in [1.807, 2.05) is 0 Å². The van der Waals surface area contributed by atoms with Crippen molar-refractivity contribution in [3.8, 4) is 0 Å². The van der Waals surface area contributed by atoms with Gasteiger partial charge in [0, 0.05) is 24.2 Å². The van der Waals surface area contributed by atoms with E-state index < -0.39 is 5.82 Å². The van der Waals surface area contributed by atoms with Crippen LogP contribution in [0.5, 0.6) is 0 Å². The molecule has 86 valence electrons. The number of rotatable bonds is 1. The lowest BCUT2D eigenvalue weighted by atomic mass is 10.2. The van der Waals surface area contributed by atoms with Gasteiger partial charge in [-0.2, -0.15) is 0 Å². The number of likely N-dealkylation sites (tertiary alicyclic amines) is 1. The fourth-order valence-corrected chi connectivity index (χ4v) is 1.98. The second-order valence-corrected chi connectivity index (χ2v) is 4.36. The Morgan fingerprint density at radius 1 is 1.56 bits per heavy atom. The third-order valence-corrected chi connectivity index (χ3v) is 2.91. The third kappa shape index (κ3) is 2.18. The summed E-state index contributed by atoms with van der Waals surface area (Å²) in [5.74, 6) is -0.886. The summed E-state index contributed by atoms with van der Waals surface area (Å²) in [5, 5.41) is 0.355. The lowest BCUT2D eigenvalue weighted by molar-refractivity contribution is 0.0786. The van der Waals surface area contributed by atoms with Crippen molar-refractivity contribution < 1.29 is 9.18 Å². The number of carbonyl (C=O) groups excluding carboxylic acids is 1. The van der Waals surface area contributed by atoms with Crippen molar-refractivity contribution in [1.82, 2.24) is 4.90 Å². The first-order chi connectivity index (χ1) is 7.58. The lowest BCUT2D eigenvalue weighted by Crippen LogP contribution is -2.32. The van der Waals surface area contributed by atoms with Gasteiger partial charge in [0.25, 0.3) is 5.91 Å². The Balaban J connectivity index is 2.23. The molecule has 0 bridgehead atoms. The summed E-state index contributed by atoms with van der Waals surface area (Å²) in [6, 6.07) is 3.96. The number of nitrogens with zero attached hydrogens (tertiary/aromatic N) is 1. The normalized spacial score (nSPS) is 20.2. The average Bonchev–Trinajstić information content (AvgIpc) is 2.67. The minimum Gasteiger partial charge on any atom is -0.337 e. The first kappa shape index (κ1) is 11.4. The standard InChI is InChI=1S/C11H12ClFN2O/c12-7-1-2-10(13)9(5-7)11(16)15-4-3-8(14)6-15/h1-2,5,8H,3-4,6,14H2/t8-/m1/s1. The fourth-order valence-electron chi connectivity index (χ4n) is 1.80. The molecule has 1 aliphatic heterocycles. The van der Waals surface area contributed by atoms with Crippen molar-refractivity contribution >= 4 is 17.5 Å². The average molecular weight is 243 g/mol. The highest BCUT2D eigenvalue weighted by atomic mass is 35.5. The van der Waals surface area contributed by atoms with Crippen molar-refractivity contribution in [1.29, 1.82) is 0 Å². The number of nitrogens with two attached hydrogens (primary N) is 1. The Morgan fingerprint density at radius 2 is 2.31 bits per heavy atom. The molecule has 0 aliphatic carbocycles. The summed E-state index contributed by atoms with van der Waals surface area (Å²) in [6.07, 6.45) is 0.758. The molecule has 16 heavy (non-hydrogen) atoms. The van der Waals surface area contributed by atoms with E-state index in [1.54, 1.807) is 4.90 Å². The smallest absolute Gasteiger partial charge is 0.256 e. The van der Waals surface area contributed by atoms with Crippen LogP contribution in [0.3, 0.4) is 0 Å². The molecule has 5 heteroatoms. The minimum atomic E-state index is -0.546. The number of benzene rings is 1. The van der Waals surface area contributed by atoms with E-state index in [0.717, 1.165) is 6.42 Å². The Morgan fingerprint density at radius 3 is 2.94 bits per heavy atom. The summed E-state index contributed by atoms with van der Waals surface area (Å²) in [7, 11) is 0. The maximum absolute atomic E-state index is 13.4. The highest BCUT2D eigenvalue weighted by Gasteiger charge is 2.26. The highest BCUT2D eigenvalue weighted by Crippen LogP contribution is 2.18. The number of hydrogen-bond acceptors (Lipinski definition) is 2. The molecule has 2 rings (SSSR count). The predicted octanol–water partition coefficient (Wildman–Crippen LogP) is 1.65. The van der Waals surface area contributed by atoms with Gasteiger partial charge in [0.1, 0.15) is 5.82 Å². The molecule has 1 saturated heterocycles. The molecule has 1 heterocycles. The van der Waals surface area contributed by atoms with E-state index in [1.165, 1.54) is 18.2 Å². The van der Waals surface area contributed by atoms with Crippen LogP contribution in [0.4, 0.5) is 4.39 Å². The molecule has 0 saturated carbocycles. The van der Waals surface area contributed by atoms with Crippen molar-refractivity contribution in [3.05, 3.63) is 34.6 Å². The van der Waals surface area contributed by atoms with Gasteiger partial charge in [-0.05, 0) is 24.6 Å². The number of halogens is 2. The largest absolute Gasteiger partial charge is 0.337 e. The zero-order chi connectivity index (χ0) is 11.7. The molecule has 0 unspecified atom stereocenters. The van der Waals surface area contributed by atoms with Crippen LogP contribution in [0, 0.1) is 5.82 Å². The van der Waals surface area contributed by atoms with Crippen molar-refractivity contribution in [2.75, 3.05) is 13.1 Å². The third-order valence-electron chi connectivity index (χ3n) is 2.67. The fraction of sp³-hybridized carbons (Fsp3) is 0.364. The van der Waals surface area contributed by atoms with Crippen LogP contribution in [-0.4, -0.2) is 29.9 Å². The van der Waals surface area contributed by atoms with E-state index >= 15 is 0 Å². The maximum atomic E-state index is 13.4. The number of hydrogen-bond donors (Lipinski definition) is 1. The molecular formula is C11H12ClFN2O. The Kier molecular flexibility index (Phi) is 3.12. The number of carbonyl (C=O) groups is 1. The van der Waals surface area contributed by atoms with Crippen molar-refractivity contribution in [3.63, 3.8) is 0 Å². The molecule has 2 N–H and O–H groups in total. The second kappa shape index (κ2) is 4.39. The van der Waals surface area contributed by atoms with Gasteiger partial charge in [-0.1, -0.05) is 11.6 Å². The molecule has 1 atom stereocenters. The van der Waals surface area contributed by atoms with Crippen LogP contribution in [0.25, 0.3) is 0 Å². The van der Waals surface area contributed by atoms with Gasteiger partial charge in [0.2, 0.25) is 0 Å². The summed E-state index contributed by atoms with van der Waals surface area (Å²) in [6.45, 7) is 1.05. The summed E-state index contributed by atoms with van der Waals surface area (Å²) in [5.41, 5.74) is 5.71. The van der Waals surface area contributed by atoms with Gasteiger partial charge in [-0.15, -0.1) is 0 Å². The molecule has 1 aliphatic rings. The molecule has 1 aromatic carbocycles. The highest BCUT2D eigenvalue weighted by molar-refractivity contribution is 6.31. The van der Waals surface area contributed by atoms with Gasteiger partial charge in [0.05, 0.1) is 5.56 Å². The Labute approximate surface area is 98.0 Å². The quantitative estimate of drug-likeness (QED) is 0.814. The van der Waals surface area contributed by atoms with E-state index in [9.17, 15) is 9.18 Å². The summed E-state index contributed by atoms with van der Waals surface area (Å²) >= 11 is 5.73. The van der Waals surface area contributed by atoms with E-state index in [-0.39, 0.29) is 17.5 Å². The van der Waals surface area contributed by atoms with Gasteiger partial charge in [-0.25, -0.2) is 4.39 Å². The minimum absolute atomic E-state index is 0.00815. The first-order valence-electron chi connectivity index (χ1n) is 5.08. The Hall–Kier alpha value is -1.13. The Bertz CT molecular complexity index is 424. The molecule has 1 fully saturated rings. The predicted molar refractivity (Wildman–Crippen MR) is 59.9 cm³/mol. The van der Waals surface area contributed by atoms with Crippen LogP contribution >= 0.6 is 11.6 Å². The topological polar surface area (TPSA) is 46.3 Å². The molecule has 0 aromatic heterocycles. The van der Waals surface area contributed by atoms with E-state index in [4.69, 9.17) is 17.3 Å². The molecule has 0 spiro atoms. The maximum Gasteiger partial charge on any atom is 0.256 e. The molecule has 0 radical (unpaired) electrons. The molecule has 1 amide bonds. The van der Waals surface area contributed by atoms with Crippen LogP contribution < -0.4 is 5.73 Å². The second-order valence-electron chi connectivity index (χ2n) is 3.92. The molecular weight excluding hydrogens is 231 g/mol. The van der Waals surface area contributed by atoms with Crippen LogP contribution in [0.2, 0.25) is 5.02 Å². The first-order valence-corrected chi connectivity index (χ1v) is 5.45. The van der Waals surface area contributed by atoms with E-state index in [2.05, 4.69) is 0 Å². The van der Waals surface area contributed by atoms with Crippen molar-refractivity contribution in [2.24, 2.45) is 5.73 Å². The van der Waals surface area contributed by atoms with Gasteiger partial charge >= 0.3 is 0 Å². The molecule has 3 nitrogen and oxygen atoms in total. The SMILES string of the molecule is N[C@@H]1CCN(C(=O)c2cc(Cl)ccc2F)C1. The van der Waals surface area contributed by atoms with Crippen LogP contribution in [0.15, 0.2) is 18.2 Å². The lowest BCUT2D eigenvalue weighted by Gasteiger charge is -2.16. The molecule has 1 aromatic rings. The monoisotopic (exact) mass is 242 g/mol. The van der Waals surface area contributed by atoms with Gasteiger partial charge < -0.3 is 10.6 Å². The van der Waals surface area contributed by atoms with Crippen LogP contribution in [-0.2, 0) is 0 Å². The zero-order valence-electron chi connectivity index (χ0n) is 8.62. The van der Waals surface area contributed by atoms with Crippen LogP contribution in [0.1, 0.15) is 16.8 Å².